The first-order chi connectivity index (χ1) is 17.6. The second kappa shape index (κ2) is 11.0. The summed E-state index contributed by atoms with van der Waals surface area (Å²) in [5.41, 5.74) is 1.09. The first kappa shape index (κ1) is 26.8. The lowest BCUT2D eigenvalue weighted by atomic mass is 10.2. The van der Waals surface area contributed by atoms with Gasteiger partial charge in [0.05, 0.1) is 9.60 Å². The summed E-state index contributed by atoms with van der Waals surface area (Å²) >= 11 is 1.01. The molecular formula is C26H26F2N4O3S2. The molecule has 11 heteroatoms. The van der Waals surface area contributed by atoms with Crippen LogP contribution in [0.3, 0.4) is 0 Å². The van der Waals surface area contributed by atoms with E-state index in [-0.39, 0.29) is 38.9 Å². The Kier molecular flexibility index (Phi) is 7.98. The zero-order chi connectivity index (χ0) is 26.7. The minimum absolute atomic E-state index is 0.00746. The summed E-state index contributed by atoms with van der Waals surface area (Å²) in [6, 6.07) is 16.8. The molecule has 0 saturated heterocycles. The molecule has 0 atom stereocenters. The van der Waals surface area contributed by atoms with Crippen molar-refractivity contribution in [1.29, 1.82) is 0 Å². The van der Waals surface area contributed by atoms with Gasteiger partial charge in [0, 0.05) is 38.3 Å². The van der Waals surface area contributed by atoms with Crippen molar-refractivity contribution < 1.29 is 22.0 Å². The number of sulfonamides is 1. The molecule has 194 valence electrons. The molecule has 1 amide bonds. The van der Waals surface area contributed by atoms with Crippen molar-refractivity contribution in [2.45, 2.75) is 11.4 Å². The summed E-state index contributed by atoms with van der Waals surface area (Å²) in [6.45, 7) is 0.946. The quantitative estimate of drug-likeness (QED) is 0.308. The van der Waals surface area contributed by atoms with Gasteiger partial charge in [-0.15, -0.1) is 0 Å². The minimum Gasteiger partial charge on any atom is -0.308 e. The number of anilines is 1. The molecule has 4 aromatic rings. The Labute approximate surface area is 218 Å². The smallest absolute Gasteiger partial charge is 0.260 e. The van der Waals surface area contributed by atoms with Crippen LogP contribution in [-0.2, 0) is 16.6 Å². The molecule has 0 aliphatic carbocycles. The number of rotatable bonds is 9. The van der Waals surface area contributed by atoms with Gasteiger partial charge in [0.15, 0.2) is 10.9 Å². The monoisotopic (exact) mass is 544 g/mol. The molecule has 0 saturated carbocycles. The van der Waals surface area contributed by atoms with Crippen LogP contribution in [0.2, 0.25) is 0 Å². The van der Waals surface area contributed by atoms with Gasteiger partial charge in [-0.3, -0.25) is 9.69 Å². The predicted octanol–water partition coefficient (Wildman–Crippen LogP) is 4.60. The highest BCUT2D eigenvalue weighted by Gasteiger charge is 2.25. The Morgan fingerprint density at radius 3 is 2.27 bits per heavy atom. The third-order valence-corrected chi connectivity index (χ3v) is 8.55. The number of halogens is 2. The van der Waals surface area contributed by atoms with E-state index in [1.165, 1.54) is 46.6 Å². The van der Waals surface area contributed by atoms with Gasteiger partial charge in [-0.2, -0.15) is 4.31 Å². The van der Waals surface area contributed by atoms with Crippen LogP contribution in [0, 0.1) is 11.6 Å². The zero-order valence-electron chi connectivity index (χ0n) is 20.6. The predicted molar refractivity (Wildman–Crippen MR) is 141 cm³/mol. The SMILES string of the molecule is CN(C)CCN(C(=O)c1ccc(S(=O)(=O)N(C)Cc2ccccc2)cc1)c1nc2c(F)cc(F)cc2s1. The summed E-state index contributed by atoms with van der Waals surface area (Å²) in [4.78, 5) is 21.1. The number of hydrogen-bond donors (Lipinski definition) is 0. The molecule has 37 heavy (non-hydrogen) atoms. The van der Waals surface area contributed by atoms with Crippen LogP contribution in [-0.4, -0.2) is 62.7 Å². The van der Waals surface area contributed by atoms with Crippen LogP contribution in [0.1, 0.15) is 15.9 Å². The fourth-order valence-electron chi connectivity index (χ4n) is 3.68. The Balaban J connectivity index is 1.60. The van der Waals surface area contributed by atoms with Crippen molar-refractivity contribution in [3.05, 3.63) is 89.5 Å². The number of amides is 1. The van der Waals surface area contributed by atoms with Gasteiger partial charge in [0.25, 0.3) is 5.91 Å². The van der Waals surface area contributed by atoms with E-state index in [9.17, 15) is 22.0 Å². The third-order valence-electron chi connectivity index (χ3n) is 5.71. The lowest BCUT2D eigenvalue weighted by Crippen LogP contribution is -2.36. The van der Waals surface area contributed by atoms with E-state index in [1.807, 2.05) is 49.3 Å². The zero-order valence-corrected chi connectivity index (χ0v) is 22.2. The number of hydrogen-bond acceptors (Lipinski definition) is 6. The van der Waals surface area contributed by atoms with E-state index in [4.69, 9.17) is 0 Å². The van der Waals surface area contributed by atoms with Gasteiger partial charge < -0.3 is 4.90 Å². The lowest BCUT2D eigenvalue weighted by Gasteiger charge is -2.22. The molecule has 4 rings (SSSR count). The van der Waals surface area contributed by atoms with Gasteiger partial charge in [-0.25, -0.2) is 22.2 Å². The summed E-state index contributed by atoms with van der Waals surface area (Å²) in [5, 5.41) is 0.227. The Hall–Kier alpha value is -3.25. The van der Waals surface area contributed by atoms with Gasteiger partial charge in [0.1, 0.15) is 11.3 Å². The molecule has 3 aromatic carbocycles. The van der Waals surface area contributed by atoms with Crippen LogP contribution in [0.4, 0.5) is 13.9 Å². The van der Waals surface area contributed by atoms with E-state index in [0.29, 0.717) is 6.54 Å². The average molecular weight is 545 g/mol. The number of carbonyl (C=O) groups excluding carboxylic acids is 1. The number of carbonyl (C=O) groups is 1. The van der Waals surface area contributed by atoms with E-state index >= 15 is 0 Å². The molecule has 1 aromatic heterocycles. The van der Waals surface area contributed by atoms with Crippen LogP contribution in [0.15, 0.2) is 71.6 Å². The van der Waals surface area contributed by atoms with Crippen LogP contribution >= 0.6 is 11.3 Å². The van der Waals surface area contributed by atoms with Gasteiger partial charge in [0.2, 0.25) is 10.0 Å². The average Bonchev–Trinajstić information content (AvgIpc) is 3.28. The number of nitrogens with zero attached hydrogens (tertiary/aromatic N) is 4. The number of fused-ring (bicyclic) bond motifs is 1. The second-order valence-corrected chi connectivity index (χ2v) is 11.8. The summed E-state index contributed by atoms with van der Waals surface area (Å²) in [6.07, 6.45) is 0. The largest absolute Gasteiger partial charge is 0.308 e. The molecule has 7 nitrogen and oxygen atoms in total. The van der Waals surface area contributed by atoms with Gasteiger partial charge >= 0.3 is 0 Å². The second-order valence-electron chi connectivity index (χ2n) is 8.76. The molecule has 0 fully saturated rings. The Morgan fingerprint density at radius 1 is 0.946 bits per heavy atom. The highest BCUT2D eigenvalue weighted by molar-refractivity contribution is 7.89. The molecule has 0 aliphatic heterocycles. The van der Waals surface area contributed by atoms with Crippen molar-refractivity contribution in [3.8, 4) is 0 Å². The molecule has 0 radical (unpaired) electrons. The van der Waals surface area contributed by atoms with E-state index < -0.39 is 27.6 Å². The van der Waals surface area contributed by atoms with Crippen LogP contribution in [0.5, 0.6) is 0 Å². The van der Waals surface area contributed by atoms with Gasteiger partial charge in [-0.05, 0) is 50.0 Å². The Bertz CT molecular complexity index is 1510. The van der Waals surface area contributed by atoms with E-state index in [2.05, 4.69) is 4.98 Å². The summed E-state index contributed by atoms with van der Waals surface area (Å²) < 4.78 is 55.6. The van der Waals surface area contributed by atoms with E-state index in [0.717, 1.165) is 23.0 Å². The number of thiazole rings is 1. The van der Waals surface area contributed by atoms with E-state index in [1.54, 1.807) is 0 Å². The standard InChI is InChI=1S/C26H26F2N4O3S2/c1-30(2)13-14-32(26-29-24-22(28)15-20(27)16-23(24)36-26)25(33)19-9-11-21(12-10-19)37(34,35)31(3)17-18-7-5-4-6-8-18/h4-12,15-16H,13-14,17H2,1-3H3. The molecule has 0 bridgehead atoms. The fourth-order valence-corrected chi connectivity index (χ4v) is 5.86. The fraction of sp³-hybridized carbons (Fsp3) is 0.231. The first-order valence-corrected chi connectivity index (χ1v) is 13.6. The molecular weight excluding hydrogens is 518 g/mol. The summed E-state index contributed by atoms with van der Waals surface area (Å²) in [5.74, 6) is -1.95. The van der Waals surface area contributed by atoms with Gasteiger partial charge in [-0.1, -0.05) is 41.7 Å². The maximum Gasteiger partial charge on any atom is 0.260 e. The molecule has 0 unspecified atom stereocenters. The van der Waals surface area contributed by atoms with Crippen molar-refractivity contribution in [3.63, 3.8) is 0 Å². The molecule has 0 N–H and O–H groups in total. The highest BCUT2D eigenvalue weighted by atomic mass is 32.2. The van der Waals surface area contributed by atoms with Crippen LogP contribution in [0.25, 0.3) is 10.2 Å². The Morgan fingerprint density at radius 2 is 1.62 bits per heavy atom. The summed E-state index contributed by atoms with van der Waals surface area (Å²) in [7, 11) is 1.41. The van der Waals surface area contributed by atoms with Crippen molar-refractivity contribution in [2.75, 3.05) is 39.1 Å². The normalized spacial score (nSPS) is 12.0. The maximum absolute atomic E-state index is 14.3. The lowest BCUT2D eigenvalue weighted by molar-refractivity contribution is 0.0985. The number of aromatic nitrogens is 1. The molecule has 1 heterocycles. The van der Waals surface area contributed by atoms with Crippen molar-refractivity contribution >= 4 is 42.6 Å². The maximum atomic E-state index is 14.3. The number of likely N-dealkylation sites (N-methyl/N-ethyl adjacent to an activating group) is 1. The molecule has 0 spiro atoms. The minimum atomic E-state index is -3.79. The highest BCUT2D eigenvalue weighted by Crippen LogP contribution is 2.32. The van der Waals surface area contributed by atoms with Crippen molar-refractivity contribution in [1.82, 2.24) is 14.2 Å². The number of benzene rings is 3. The van der Waals surface area contributed by atoms with Crippen LogP contribution < -0.4 is 4.90 Å². The third kappa shape index (κ3) is 6.02. The first-order valence-electron chi connectivity index (χ1n) is 11.4. The molecule has 0 aliphatic rings. The van der Waals surface area contributed by atoms with Crippen molar-refractivity contribution in [2.24, 2.45) is 0 Å². The topological polar surface area (TPSA) is 73.8 Å².